The Morgan fingerprint density at radius 3 is 2.53 bits per heavy atom. The number of hydrogen-bond donors (Lipinski definition) is 2. The zero-order valence-corrected chi connectivity index (χ0v) is 11.0. The zero-order valence-electron chi connectivity index (χ0n) is 11.0. The SMILES string of the molecule is CNC(=O)NC(=O)[C@@H](C)N1CCN(C)C[C@@H]1C. The molecule has 17 heavy (non-hydrogen) atoms. The van der Waals surface area contributed by atoms with Gasteiger partial charge < -0.3 is 10.2 Å². The van der Waals surface area contributed by atoms with Crippen LogP contribution in [-0.2, 0) is 4.79 Å². The number of rotatable bonds is 2. The van der Waals surface area contributed by atoms with E-state index in [9.17, 15) is 9.59 Å². The lowest BCUT2D eigenvalue weighted by molar-refractivity contribution is -0.126. The molecule has 0 aromatic heterocycles. The third-order valence-electron chi connectivity index (χ3n) is 3.22. The molecule has 0 aliphatic carbocycles. The molecule has 0 radical (unpaired) electrons. The van der Waals surface area contributed by atoms with Crippen LogP contribution in [0.4, 0.5) is 4.79 Å². The van der Waals surface area contributed by atoms with Crippen LogP contribution in [0.2, 0.25) is 0 Å². The summed E-state index contributed by atoms with van der Waals surface area (Å²) in [5.74, 6) is -0.249. The quantitative estimate of drug-likeness (QED) is 0.683. The fraction of sp³-hybridized carbons (Fsp3) is 0.818. The maximum Gasteiger partial charge on any atom is 0.321 e. The second kappa shape index (κ2) is 5.97. The van der Waals surface area contributed by atoms with E-state index in [1.54, 1.807) is 0 Å². The molecule has 1 aliphatic heterocycles. The van der Waals surface area contributed by atoms with Gasteiger partial charge in [0.1, 0.15) is 0 Å². The van der Waals surface area contributed by atoms with Crippen molar-refractivity contribution in [3.63, 3.8) is 0 Å². The molecular weight excluding hydrogens is 220 g/mol. The highest BCUT2D eigenvalue weighted by Crippen LogP contribution is 2.11. The lowest BCUT2D eigenvalue weighted by Gasteiger charge is -2.40. The number of carbonyl (C=O) groups excluding carboxylic acids is 2. The fourth-order valence-electron chi connectivity index (χ4n) is 2.16. The van der Waals surface area contributed by atoms with Gasteiger partial charge in [-0.3, -0.25) is 15.0 Å². The second-order valence-corrected chi connectivity index (χ2v) is 4.59. The highest BCUT2D eigenvalue weighted by molar-refractivity contribution is 5.96. The van der Waals surface area contributed by atoms with E-state index in [0.717, 1.165) is 19.6 Å². The molecule has 1 rings (SSSR count). The maximum absolute atomic E-state index is 11.8. The van der Waals surface area contributed by atoms with Crippen LogP contribution in [0.5, 0.6) is 0 Å². The minimum absolute atomic E-state index is 0.249. The van der Waals surface area contributed by atoms with Crippen molar-refractivity contribution < 1.29 is 9.59 Å². The summed E-state index contributed by atoms with van der Waals surface area (Å²) in [7, 11) is 3.56. The molecule has 6 heteroatoms. The smallest absolute Gasteiger partial charge is 0.321 e. The summed E-state index contributed by atoms with van der Waals surface area (Å²) in [4.78, 5) is 27.2. The molecule has 3 amide bonds. The van der Waals surface area contributed by atoms with Crippen molar-refractivity contribution >= 4 is 11.9 Å². The van der Waals surface area contributed by atoms with Crippen LogP contribution in [0, 0.1) is 0 Å². The van der Waals surface area contributed by atoms with E-state index in [1.165, 1.54) is 7.05 Å². The molecule has 6 nitrogen and oxygen atoms in total. The largest absolute Gasteiger partial charge is 0.341 e. The molecule has 1 saturated heterocycles. The summed E-state index contributed by atoms with van der Waals surface area (Å²) in [5.41, 5.74) is 0. The van der Waals surface area contributed by atoms with E-state index in [2.05, 4.69) is 34.4 Å². The highest BCUT2D eigenvalue weighted by Gasteiger charge is 2.29. The average Bonchev–Trinajstić information content (AvgIpc) is 2.28. The molecule has 1 fully saturated rings. The van der Waals surface area contributed by atoms with E-state index in [1.807, 2.05) is 6.92 Å². The van der Waals surface area contributed by atoms with Gasteiger partial charge in [-0.2, -0.15) is 0 Å². The van der Waals surface area contributed by atoms with Crippen LogP contribution in [0.25, 0.3) is 0 Å². The second-order valence-electron chi connectivity index (χ2n) is 4.59. The van der Waals surface area contributed by atoms with E-state index < -0.39 is 6.03 Å². The number of carbonyl (C=O) groups is 2. The van der Waals surface area contributed by atoms with Crippen molar-refractivity contribution in [3.05, 3.63) is 0 Å². The maximum atomic E-state index is 11.8. The number of piperazine rings is 1. The third kappa shape index (κ3) is 3.67. The van der Waals surface area contributed by atoms with E-state index in [-0.39, 0.29) is 11.9 Å². The van der Waals surface area contributed by atoms with Crippen LogP contribution in [0.3, 0.4) is 0 Å². The minimum atomic E-state index is -0.455. The molecule has 98 valence electrons. The first-order chi connectivity index (χ1) is 7.95. The average molecular weight is 242 g/mol. The Hall–Kier alpha value is -1.14. The van der Waals surface area contributed by atoms with Gasteiger partial charge in [0, 0.05) is 32.7 Å². The molecule has 0 bridgehead atoms. The summed E-state index contributed by atoms with van der Waals surface area (Å²) in [6.07, 6.45) is 0. The molecule has 2 atom stereocenters. The first kappa shape index (κ1) is 13.9. The topological polar surface area (TPSA) is 64.7 Å². The normalized spacial score (nSPS) is 24.1. The van der Waals surface area contributed by atoms with Gasteiger partial charge in [0.05, 0.1) is 6.04 Å². The first-order valence-electron chi connectivity index (χ1n) is 5.92. The van der Waals surface area contributed by atoms with Gasteiger partial charge >= 0.3 is 6.03 Å². The van der Waals surface area contributed by atoms with Gasteiger partial charge in [-0.25, -0.2) is 4.79 Å². The number of nitrogens with zero attached hydrogens (tertiary/aromatic N) is 2. The zero-order chi connectivity index (χ0) is 13.0. The van der Waals surface area contributed by atoms with Crippen molar-refractivity contribution in [2.24, 2.45) is 0 Å². The summed E-state index contributed by atoms with van der Waals surface area (Å²) < 4.78 is 0. The van der Waals surface area contributed by atoms with Crippen LogP contribution in [0.15, 0.2) is 0 Å². The Balaban J connectivity index is 2.54. The Kier molecular flexibility index (Phi) is 4.89. The number of likely N-dealkylation sites (N-methyl/N-ethyl adjacent to an activating group) is 1. The van der Waals surface area contributed by atoms with Gasteiger partial charge in [0.15, 0.2) is 0 Å². The predicted octanol–water partition coefficient (Wildman–Crippen LogP) is -0.534. The Labute approximate surface area is 102 Å². The minimum Gasteiger partial charge on any atom is -0.341 e. The number of nitrogens with one attached hydrogen (secondary N) is 2. The molecule has 2 N–H and O–H groups in total. The number of amides is 3. The monoisotopic (exact) mass is 242 g/mol. The Morgan fingerprint density at radius 2 is 2.00 bits per heavy atom. The molecule has 0 aromatic rings. The van der Waals surface area contributed by atoms with Crippen LogP contribution in [-0.4, -0.2) is 67.6 Å². The molecule has 1 aliphatic rings. The van der Waals surface area contributed by atoms with Crippen molar-refractivity contribution in [2.45, 2.75) is 25.9 Å². The molecule has 0 spiro atoms. The van der Waals surface area contributed by atoms with Gasteiger partial charge in [0.2, 0.25) is 5.91 Å². The number of hydrogen-bond acceptors (Lipinski definition) is 4. The third-order valence-corrected chi connectivity index (χ3v) is 3.22. The Morgan fingerprint density at radius 1 is 1.35 bits per heavy atom. The molecule has 1 heterocycles. The van der Waals surface area contributed by atoms with Gasteiger partial charge in [-0.15, -0.1) is 0 Å². The highest BCUT2D eigenvalue weighted by atomic mass is 16.2. The molecule has 0 unspecified atom stereocenters. The summed E-state index contributed by atoms with van der Waals surface area (Å²) in [6.45, 7) is 6.67. The van der Waals surface area contributed by atoms with Crippen LogP contribution < -0.4 is 10.6 Å². The number of urea groups is 1. The van der Waals surface area contributed by atoms with E-state index in [0.29, 0.717) is 6.04 Å². The summed E-state index contributed by atoms with van der Waals surface area (Å²) in [6, 6.07) is -0.418. The van der Waals surface area contributed by atoms with Crippen molar-refractivity contribution in [1.29, 1.82) is 0 Å². The standard InChI is InChI=1S/C11H22N4O2/c1-8-7-14(4)5-6-15(8)9(2)10(16)13-11(17)12-3/h8-9H,5-7H2,1-4H3,(H2,12,13,16,17)/t8-,9+/m0/s1. The summed E-state index contributed by atoms with van der Waals surface area (Å²) in [5, 5.41) is 4.69. The lowest BCUT2D eigenvalue weighted by atomic mass is 10.1. The van der Waals surface area contributed by atoms with Crippen molar-refractivity contribution in [3.8, 4) is 0 Å². The van der Waals surface area contributed by atoms with Gasteiger partial charge in [-0.1, -0.05) is 0 Å². The Bertz CT molecular complexity index is 295. The van der Waals surface area contributed by atoms with E-state index in [4.69, 9.17) is 0 Å². The van der Waals surface area contributed by atoms with Gasteiger partial charge in [-0.05, 0) is 20.9 Å². The van der Waals surface area contributed by atoms with Crippen molar-refractivity contribution in [1.82, 2.24) is 20.4 Å². The fourth-order valence-corrected chi connectivity index (χ4v) is 2.16. The van der Waals surface area contributed by atoms with Gasteiger partial charge in [0.25, 0.3) is 0 Å². The number of imide groups is 1. The van der Waals surface area contributed by atoms with Crippen molar-refractivity contribution in [2.75, 3.05) is 33.7 Å². The molecule has 0 aromatic carbocycles. The first-order valence-corrected chi connectivity index (χ1v) is 5.92. The predicted molar refractivity (Wildman–Crippen MR) is 65.7 cm³/mol. The molecular formula is C11H22N4O2. The summed E-state index contributed by atoms with van der Waals surface area (Å²) >= 11 is 0. The lowest BCUT2D eigenvalue weighted by Crippen LogP contribution is -2.58. The molecule has 0 saturated carbocycles. The van der Waals surface area contributed by atoms with Crippen LogP contribution in [0.1, 0.15) is 13.8 Å². The van der Waals surface area contributed by atoms with E-state index >= 15 is 0 Å². The van der Waals surface area contributed by atoms with Crippen LogP contribution >= 0.6 is 0 Å².